The largest absolute Gasteiger partial charge is 0.316 e. The Labute approximate surface area is 188 Å². The number of aromatic amines is 2. The molecule has 2 aromatic heterocycles. The van der Waals surface area contributed by atoms with Gasteiger partial charge in [-0.3, -0.25) is 19.3 Å². The van der Waals surface area contributed by atoms with Gasteiger partial charge in [0.25, 0.3) is 10.0 Å². The summed E-state index contributed by atoms with van der Waals surface area (Å²) < 4.78 is 29.1. The maximum atomic E-state index is 13.3. The first-order valence-corrected chi connectivity index (χ1v) is 11.5. The van der Waals surface area contributed by atoms with Crippen LogP contribution in [0.15, 0.2) is 69.3 Å². The van der Waals surface area contributed by atoms with E-state index in [1.54, 1.807) is 42.7 Å². The second kappa shape index (κ2) is 8.25. The number of hydrogen-bond donors (Lipinski definition) is 3. The van der Waals surface area contributed by atoms with E-state index in [9.17, 15) is 18.0 Å². The summed E-state index contributed by atoms with van der Waals surface area (Å²) in [5, 5.41) is 0.376. The van der Waals surface area contributed by atoms with Crippen molar-refractivity contribution in [2.45, 2.75) is 24.7 Å². The number of pyridine rings is 1. The minimum Gasteiger partial charge on any atom is -0.316 e. The molecule has 0 amide bonds. The summed E-state index contributed by atoms with van der Waals surface area (Å²) in [6.45, 7) is 3.68. The Morgan fingerprint density at radius 2 is 1.56 bits per heavy atom. The number of nitrogens with one attached hydrogen (secondary N) is 3. The Morgan fingerprint density at radius 3 is 2.16 bits per heavy atom. The average Bonchev–Trinajstić information content (AvgIpc) is 2.74. The fourth-order valence-corrected chi connectivity index (χ4v) is 5.11. The molecule has 3 N–H and O–H groups in total. The normalized spacial score (nSPS) is 11.8. The SMILES string of the molecule is CC(C)c1cc2[nH]c(=O)c(=O)[nH]c2cc1S(=O)(=O)Nc1ccc(-c2ccncc2)c(Cl)c1. The number of fused-ring (bicyclic) bond motifs is 1. The van der Waals surface area contributed by atoms with Crippen LogP contribution in [0, 0.1) is 0 Å². The molecule has 4 rings (SSSR count). The Kier molecular flexibility index (Phi) is 5.62. The van der Waals surface area contributed by atoms with Crippen LogP contribution in [0.25, 0.3) is 22.2 Å². The van der Waals surface area contributed by atoms with Gasteiger partial charge in [-0.2, -0.15) is 0 Å². The minimum atomic E-state index is -4.03. The monoisotopic (exact) mass is 470 g/mol. The van der Waals surface area contributed by atoms with Gasteiger partial charge in [-0.25, -0.2) is 8.42 Å². The molecule has 0 spiro atoms. The molecule has 32 heavy (non-hydrogen) atoms. The fraction of sp³-hybridized carbons (Fsp3) is 0.136. The lowest BCUT2D eigenvalue weighted by atomic mass is 10.0. The Balaban J connectivity index is 1.77. The number of H-pyrrole nitrogens is 2. The molecule has 0 unspecified atom stereocenters. The second-order valence-corrected chi connectivity index (χ2v) is 9.59. The van der Waals surface area contributed by atoms with E-state index >= 15 is 0 Å². The van der Waals surface area contributed by atoms with Crippen LogP contribution in [0.1, 0.15) is 25.3 Å². The maximum Gasteiger partial charge on any atom is 0.314 e. The average molecular weight is 471 g/mol. The number of hydrogen-bond acceptors (Lipinski definition) is 5. The first-order valence-electron chi connectivity index (χ1n) is 9.69. The van der Waals surface area contributed by atoms with Crippen LogP contribution in [-0.2, 0) is 10.0 Å². The first-order chi connectivity index (χ1) is 15.2. The molecule has 0 aliphatic heterocycles. The molecule has 2 aromatic carbocycles. The van der Waals surface area contributed by atoms with E-state index in [0.29, 0.717) is 16.1 Å². The van der Waals surface area contributed by atoms with Crippen molar-refractivity contribution in [1.82, 2.24) is 15.0 Å². The molecule has 164 valence electrons. The number of halogens is 1. The summed E-state index contributed by atoms with van der Waals surface area (Å²) in [6.07, 6.45) is 3.29. The van der Waals surface area contributed by atoms with Gasteiger partial charge in [-0.05, 0) is 53.4 Å². The maximum absolute atomic E-state index is 13.3. The van der Waals surface area contributed by atoms with Crippen LogP contribution in [0.4, 0.5) is 5.69 Å². The molecule has 0 aliphatic rings. The molecular weight excluding hydrogens is 452 g/mol. The third kappa shape index (κ3) is 4.17. The van der Waals surface area contributed by atoms with Crippen LogP contribution in [0.5, 0.6) is 0 Å². The zero-order chi connectivity index (χ0) is 23.0. The highest BCUT2D eigenvalue weighted by molar-refractivity contribution is 7.92. The van der Waals surface area contributed by atoms with Crippen molar-refractivity contribution in [2.75, 3.05) is 4.72 Å². The van der Waals surface area contributed by atoms with Gasteiger partial charge in [0.1, 0.15) is 0 Å². The number of rotatable bonds is 5. The van der Waals surface area contributed by atoms with Crippen LogP contribution < -0.4 is 15.8 Å². The molecule has 0 atom stereocenters. The van der Waals surface area contributed by atoms with Crippen LogP contribution in [0.2, 0.25) is 5.02 Å². The quantitative estimate of drug-likeness (QED) is 0.382. The molecule has 4 aromatic rings. The van der Waals surface area contributed by atoms with E-state index in [0.717, 1.165) is 11.1 Å². The van der Waals surface area contributed by atoms with Gasteiger partial charge >= 0.3 is 11.1 Å². The first kappa shape index (κ1) is 21.8. The Bertz CT molecular complexity index is 1540. The number of nitrogens with zero attached hydrogens (tertiary/aromatic N) is 1. The molecule has 0 bridgehead atoms. The van der Waals surface area contributed by atoms with Crippen LogP contribution >= 0.6 is 11.6 Å². The van der Waals surface area contributed by atoms with Gasteiger partial charge in [-0.15, -0.1) is 0 Å². The Morgan fingerprint density at radius 1 is 0.938 bits per heavy atom. The standard InChI is InChI=1S/C22H19ClN4O4S/c1-12(2)16-10-18-19(26-22(29)21(28)25-18)11-20(16)32(30,31)27-14-3-4-15(17(23)9-14)13-5-7-24-8-6-13/h3-12,27H,1-2H3,(H,25,28)(H,26,29). The third-order valence-corrected chi connectivity index (χ3v) is 6.73. The van der Waals surface area contributed by atoms with Crippen molar-refractivity contribution >= 4 is 38.3 Å². The van der Waals surface area contributed by atoms with Gasteiger partial charge in [0.15, 0.2) is 0 Å². The highest BCUT2D eigenvalue weighted by Gasteiger charge is 2.22. The number of anilines is 1. The van der Waals surface area contributed by atoms with Gasteiger partial charge in [0, 0.05) is 18.0 Å². The van der Waals surface area contributed by atoms with Crippen LogP contribution in [0.3, 0.4) is 0 Å². The number of aromatic nitrogens is 3. The molecule has 10 heteroatoms. The van der Waals surface area contributed by atoms with E-state index in [1.807, 2.05) is 13.8 Å². The molecule has 8 nitrogen and oxygen atoms in total. The van der Waals surface area contributed by atoms with E-state index in [-0.39, 0.29) is 22.0 Å². The van der Waals surface area contributed by atoms with E-state index < -0.39 is 21.1 Å². The smallest absolute Gasteiger partial charge is 0.314 e. The lowest BCUT2D eigenvalue weighted by molar-refractivity contribution is 0.599. The lowest BCUT2D eigenvalue weighted by Gasteiger charge is -2.16. The molecular formula is C22H19ClN4O4S. The van der Waals surface area contributed by atoms with Crippen molar-refractivity contribution < 1.29 is 8.42 Å². The van der Waals surface area contributed by atoms with Crippen molar-refractivity contribution in [3.63, 3.8) is 0 Å². The second-order valence-electron chi connectivity index (χ2n) is 7.53. The molecule has 0 fully saturated rings. The van der Waals surface area contributed by atoms with E-state index in [2.05, 4.69) is 19.7 Å². The topological polar surface area (TPSA) is 125 Å². The zero-order valence-corrected chi connectivity index (χ0v) is 18.7. The van der Waals surface area contributed by atoms with Crippen molar-refractivity contribution in [1.29, 1.82) is 0 Å². The molecule has 0 saturated carbocycles. The highest BCUT2D eigenvalue weighted by atomic mass is 35.5. The van der Waals surface area contributed by atoms with Gasteiger partial charge in [-0.1, -0.05) is 31.5 Å². The predicted octanol–water partition coefficient (Wildman–Crippen LogP) is 3.86. The summed E-state index contributed by atoms with van der Waals surface area (Å²) in [6, 6.07) is 11.4. The summed E-state index contributed by atoms with van der Waals surface area (Å²) in [5.41, 5.74) is 1.28. The molecule has 0 radical (unpaired) electrons. The zero-order valence-electron chi connectivity index (χ0n) is 17.1. The van der Waals surface area contributed by atoms with E-state index in [1.165, 1.54) is 12.1 Å². The van der Waals surface area contributed by atoms with Gasteiger partial charge in [0.2, 0.25) is 0 Å². The van der Waals surface area contributed by atoms with E-state index in [4.69, 9.17) is 11.6 Å². The van der Waals surface area contributed by atoms with Crippen molar-refractivity contribution in [3.8, 4) is 11.1 Å². The summed E-state index contributed by atoms with van der Waals surface area (Å²) >= 11 is 6.40. The minimum absolute atomic E-state index is 0.00275. The summed E-state index contributed by atoms with van der Waals surface area (Å²) in [5.74, 6) is -0.168. The molecule has 0 aliphatic carbocycles. The number of sulfonamides is 1. The number of benzene rings is 2. The van der Waals surface area contributed by atoms with Crippen LogP contribution in [-0.4, -0.2) is 23.4 Å². The summed E-state index contributed by atoms with van der Waals surface area (Å²) in [4.78, 5) is 32.2. The Hall–Kier alpha value is -3.43. The summed E-state index contributed by atoms with van der Waals surface area (Å²) in [7, 11) is -4.03. The highest BCUT2D eigenvalue weighted by Crippen LogP contribution is 2.32. The molecule has 0 saturated heterocycles. The predicted molar refractivity (Wildman–Crippen MR) is 125 cm³/mol. The van der Waals surface area contributed by atoms with Gasteiger partial charge < -0.3 is 9.97 Å². The fourth-order valence-electron chi connectivity index (χ4n) is 3.40. The van der Waals surface area contributed by atoms with Gasteiger partial charge in [0.05, 0.1) is 26.6 Å². The molecule has 2 heterocycles. The lowest BCUT2D eigenvalue weighted by Crippen LogP contribution is -2.29. The van der Waals surface area contributed by atoms with Crippen molar-refractivity contribution in [2.24, 2.45) is 0 Å². The third-order valence-electron chi connectivity index (χ3n) is 4.98. The van der Waals surface area contributed by atoms with Crippen molar-refractivity contribution in [3.05, 3.63) is 86.2 Å².